The summed E-state index contributed by atoms with van der Waals surface area (Å²) >= 11 is 1.43. The highest BCUT2D eigenvalue weighted by molar-refractivity contribution is 8.00. The number of amides is 2. The summed E-state index contributed by atoms with van der Waals surface area (Å²) in [6.45, 7) is 5.71. The topological polar surface area (TPSA) is 84.2 Å². The van der Waals surface area contributed by atoms with E-state index < -0.39 is 5.54 Å². The van der Waals surface area contributed by atoms with Gasteiger partial charge < -0.3 is 16.4 Å². The quantitative estimate of drug-likeness (QED) is 0.591. The van der Waals surface area contributed by atoms with Crippen molar-refractivity contribution in [3.63, 3.8) is 0 Å². The van der Waals surface area contributed by atoms with Crippen molar-refractivity contribution in [2.45, 2.75) is 51.2 Å². The Bertz CT molecular complexity index is 318. The molecule has 0 bridgehead atoms. The Morgan fingerprint density at radius 2 is 2.06 bits per heavy atom. The van der Waals surface area contributed by atoms with Gasteiger partial charge in [0.05, 0.1) is 5.75 Å². The molecule has 0 spiro atoms. The largest absolute Gasteiger partial charge is 0.368 e. The highest BCUT2D eigenvalue weighted by Crippen LogP contribution is 2.19. The Kier molecular flexibility index (Phi) is 5.47. The van der Waals surface area contributed by atoms with E-state index in [1.165, 1.54) is 11.8 Å². The van der Waals surface area contributed by atoms with Gasteiger partial charge in [0.25, 0.3) is 0 Å². The molecule has 1 rings (SSSR count). The fourth-order valence-electron chi connectivity index (χ4n) is 1.67. The second-order valence-corrected chi connectivity index (χ2v) is 6.32. The number of hydrogen-bond acceptors (Lipinski definition) is 4. The van der Waals surface area contributed by atoms with Crippen LogP contribution in [0.25, 0.3) is 0 Å². The molecule has 0 aromatic heterocycles. The van der Waals surface area contributed by atoms with Gasteiger partial charge in [0.15, 0.2) is 0 Å². The number of rotatable bonds is 8. The van der Waals surface area contributed by atoms with E-state index in [0.717, 1.165) is 12.8 Å². The Morgan fingerprint density at radius 3 is 2.50 bits per heavy atom. The van der Waals surface area contributed by atoms with Crippen LogP contribution in [0.3, 0.4) is 0 Å². The monoisotopic (exact) mass is 273 g/mol. The summed E-state index contributed by atoms with van der Waals surface area (Å²) in [5.41, 5.74) is 4.65. The molecule has 1 aliphatic rings. The van der Waals surface area contributed by atoms with Gasteiger partial charge in [0, 0.05) is 17.8 Å². The van der Waals surface area contributed by atoms with Gasteiger partial charge in [-0.2, -0.15) is 0 Å². The molecule has 1 atom stereocenters. The molecular weight excluding hydrogens is 250 g/mol. The first-order chi connectivity index (χ1) is 8.33. The fourth-order valence-corrected chi connectivity index (χ4v) is 2.67. The zero-order chi connectivity index (χ0) is 13.8. The van der Waals surface area contributed by atoms with Crippen molar-refractivity contribution in [3.05, 3.63) is 0 Å². The summed E-state index contributed by atoms with van der Waals surface area (Å²) in [4.78, 5) is 23.0. The minimum atomic E-state index is -0.765. The van der Waals surface area contributed by atoms with Gasteiger partial charge in [-0.1, -0.05) is 0 Å². The maximum absolute atomic E-state index is 11.5. The molecule has 0 radical (unpaired) electrons. The number of carbonyl (C=O) groups excluding carboxylic acids is 2. The van der Waals surface area contributed by atoms with E-state index in [4.69, 9.17) is 5.73 Å². The van der Waals surface area contributed by atoms with Gasteiger partial charge in [0.2, 0.25) is 11.8 Å². The number of primary amides is 1. The summed E-state index contributed by atoms with van der Waals surface area (Å²) in [5, 5.41) is 6.07. The maximum Gasteiger partial charge on any atom is 0.238 e. The van der Waals surface area contributed by atoms with Crippen LogP contribution in [0.15, 0.2) is 0 Å². The van der Waals surface area contributed by atoms with Crippen LogP contribution in [0.5, 0.6) is 0 Å². The van der Waals surface area contributed by atoms with Crippen molar-refractivity contribution in [2.24, 2.45) is 5.73 Å². The van der Waals surface area contributed by atoms with E-state index in [1.807, 2.05) is 13.8 Å². The van der Waals surface area contributed by atoms with Gasteiger partial charge in [0.1, 0.15) is 5.54 Å². The second-order valence-electron chi connectivity index (χ2n) is 5.33. The molecule has 0 aliphatic heterocycles. The van der Waals surface area contributed by atoms with Gasteiger partial charge in [-0.3, -0.25) is 9.59 Å². The van der Waals surface area contributed by atoms with Gasteiger partial charge in [-0.05, 0) is 33.6 Å². The molecular formula is C12H23N3O2S. The number of hydrogen-bond donors (Lipinski definition) is 3. The molecule has 0 aromatic rings. The van der Waals surface area contributed by atoms with Crippen molar-refractivity contribution >= 4 is 23.6 Å². The van der Waals surface area contributed by atoms with E-state index in [2.05, 4.69) is 10.6 Å². The minimum Gasteiger partial charge on any atom is -0.368 e. The fraction of sp³-hybridized carbons (Fsp3) is 0.833. The molecule has 0 heterocycles. The molecule has 2 amide bonds. The van der Waals surface area contributed by atoms with Crippen LogP contribution < -0.4 is 16.4 Å². The third-order valence-electron chi connectivity index (χ3n) is 2.72. The lowest BCUT2D eigenvalue weighted by molar-refractivity contribution is -0.123. The lowest BCUT2D eigenvalue weighted by atomic mass is 10.0. The summed E-state index contributed by atoms with van der Waals surface area (Å²) in [7, 11) is 0. The van der Waals surface area contributed by atoms with Crippen LogP contribution in [0.4, 0.5) is 0 Å². The van der Waals surface area contributed by atoms with Crippen LogP contribution in [0, 0.1) is 0 Å². The van der Waals surface area contributed by atoms with Gasteiger partial charge in [-0.25, -0.2) is 0 Å². The Balaban J connectivity index is 2.32. The van der Waals surface area contributed by atoms with Gasteiger partial charge in [-0.15, -0.1) is 11.8 Å². The zero-order valence-corrected chi connectivity index (χ0v) is 12.1. The molecule has 0 saturated heterocycles. The van der Waals surface area contributed by atoms with Crippen LogP contribution in [0.2, 0.25) is 0 Å². The number of thioether (sulfide) groups is 1. The minimum absolute atomic E-state index is 0.0406. The van der Waals surface area contributed by atoms with Crippen molar-refractivity contribution in [2.75, 3.05) is 11.5 Å². The third kappa shape index (κ3) is 5.27. The van der Waals surface area contributed by atoms with E-state index in [-0.39, 0.29) is 17.9 Å². The van der Waals surface area contributed by atoms with E-state index in [9.17, 15) is 9.59 Å². The Morgan fingerprint density at radius 1 is 1.44 bits per heavy atom. The van der Waals surface area contributed by atoms with Crippen molar-refractivity contribution in [3.8, 4) is 0 Å². The maximum atomic E-state index is 11.5. The molecule has 6 heteroatoms. The van der Waals surface area contributed by atoms with Crippen LogP contribution >= 0.6 is 11.8 Å². The van der Waals surface area contributed by atoms with Crippen LogP contribution in [-0.2, 0) is 9.59 Å². The molecule has 1 fully saturated rings. The normalized spacial score (nSPS) is 18.4. The first kappa shape index (κ1) is 15.3. The van der Waals surface area contributed by atoms with Crippen molar-refractivity contribution in [1.29, 1.82) is 0 Å². The first-order valence-electron chi connectivity index (χ1n) is 6.28. The summed E-state index contributed by atoms with van der Waals surface area (Å²) in [5.74, 6) is 0.530. The molecule has 1 unspecified atom stereocenters. The molecule has 4 N–H and O–H groups in total. The highest BCUT2D eigenvalue weighted by atomic mass is 32.2. The standard InChI is InChI=1S/C12H23N3O2S/c1-8(2)15-12(3,11(13)17)7-18-6-10(16)14-9-4-5-9/h8-9,15H,4-7H2,1-3H3,(H2,13,17)(H,14,16). The van der Waals surface area contributed by atoms with Crippen LogP contribution in [-0.4, -0.2) is 40.9 Å². The zero-order valence-electron chi connectivity index (χ0n) is 11.3. The number of nitrogens with two attached hydrogens (primary N) is 1. The van der Waals surface area contributed by atoms with E-state index in [1.54, 1.807) is 6.92 Å². The average Bonchev–Trinajstić information content (AvgIpc) is 3.00. The molecule has 18 heavy (non-hydrogen) atoms. The SMILES string of the molecule is CC(C)NC(C)(CSCC(=O)NC1CC1)C(N)=O. The molecule has 0 aromatic carbocycles. The lowest BCUT2D eigenvalue weighted by Crippen LogP contribution is -2.57. The third-order valence-corrected chi connectivity index (χ3v) is 3.97. The summed E-state index contributed by atoms with van der Waals surface area (Å²) in [6, 6.07) is 0.554. The van der Waals surface area contributed by atoms with E-state index in [0.29, 0.717) is 17.5 Å². The van der Waals surface area contributed by atoms with Crippen molar-refractivity contribution < 1.29 is 9.59 Å². The lowest BCUT2D eigenvalue weighted by Gasteiger charge is -2.29. The summed E-state index contributed by atoms with van der Waals surface area (Å²) in [6.07, 6.45) is 2.18. The first-order valence-corrected chi connectivity index (χ1v) is 7.43. The predicted molar refractivity (Wildman–Crippen MR) is 74.4 cm³/mol. The van der Waals surface area contributed by atoms with Crippen molar-refractivity contribution in [1.82, 2.24) is 10.6 Å². The van der Waals surface area contributed by atoms with Gasteiger partial charge >= 0.3 is 0 Å². The number of carbonyl (C=O) groups is 2. The summed E-state index contributed by atoms with van der Waals surface area (Å²) < 4.78 is 0. The van der Waals surface area contributed by atoms with E-state index >= 15 is 0 Å². The Hall–Kier alpha value is -0.750. The molecule has 104 valence electrons. The molecule has 5 nitrogen and oxygen atoms in total. The average molecular weight is 273 g/mol. The number of nitrogens with one attached hydrogen (secondary N) is 2. The van der Waals surface area contributed by atoms with Crippen LogP contribution in [0.1, 0.15) is 33.6 Å². The smallest absolute Gasteiger partial charge is 0.238 e. The Labute approximate surface area is 113 Å². The predicted octanol–water partition coefficient (Wildman–Crippen LogP) is 0.240. The molecule has 1 aliphatic carbocycles. The highest BCUT2D eigenvalue weighted by Gasteiger charge is 2.31. The second kappa shape index (κ2) is 6.43. The molecule has 1 saturated carbocycles.